The van der Waals surface area contributed by atoms with Gasteiger partial charge in [-0.25, -0.2) is 14.4 Å². The quantitative estimate of drug-likeness (QED) is 0.102. The van der Waals surface area contributed by atoms with Gasteiger partial charge in [-0.05, 0) is 24.3 Å². The number of esters is 2. The van der Waals surface area contributed by atoms with Gasteiger partial charge in [0.25, 0.3) is 0 Å². The molecule has 2 aromatic rings. The summed E-state index contributed by atoms with van der Waals surface area (Å²) >= 11 is 5.31. The molecule has 17 heteroatoms. The van der Waals surface area contributed by atoms with Crippen molar-refractivity contribution < 1.29 is 52.9 Å². The molecule has 0 saturated carbocycles. The number of aliphatic carboxylic acids is 1. The molecule has 3 amide bonds. The lowest BCUT2D eigenvalue weighted by atomic mass is 10.2. The van der Waals surface area contributed by atoms with Gasteiger partial charge >= 0.3 is 17.9 Å². The lowest BCUT2D eigenvalue weighted by Gasteiger charge is -2.19. The van der Waals surface area contributed by atoms with E-state index in [-0.39, 0.29) is 39.9 Å². The summed E-state index contributed by atoms with van der Waals surface area (Å²) in [5.41, 5.74) is -0.276. The van der Waals surface area contributed by atoms with Crippen LogP contribution in [0.1, 0.15) is 41.5 Å². The van der Waals surface area contributed by atoms with E-state index in [1.54, 1.807) is 0 Å². The van der Waals surface area contributed by atoms with Crippen molar-refractivity contribution in [2.75, 3.05) is 17.3 Å². The van der Waals surface area contributed by atoms with Crippen molar-refractivity contribution in [3.05, 3.63) is 59.7 Å². The van der Waals surface area contributed by atoms with E-state index in [0.717, 1.165) is 13.8 Å². The Bertz CT molecular complexity index is 1500. The first-order valence-electron chi connectivity index (χ1n) is 13.3. The summed E-state index contributed by atoms with van der Waals surface area (Å²) in [5, 5.41) is 15.2. The molecule has 0 bridgehead atoms. The molecule has 0 aliphatic carbocycles. The minimum absolute atomic E-state index is 0.00346. The first-order valence-corrected chi connectivity index (χ1v) is 15.9. The minimum atomic E-state index is -1.33. The minimum Gasteiger partial charge on any atom is -0.480 e. The number of carbonyl (C=O) groups is 8. The Morgan fingerprint density at radius 3 is 1.72 bits per heavy atom. The molecule has 3 atom stereocenters. The van der Waals surface area contributed by atoms with E-state index in [1.807, 2.05) is 0 Å². The van der Waals surface area contributed by atoms with Crippen LogP contribution in [0.15, 0.2) is 48.5 Å². The fourth-order valence-corrected chi connectivity index (χ4v) is 5.69. The van der Waals surface area contributed by atoms with Crippen LogP contribution in [-0.4, -0.2) is 86.4 Å². The van der Waals surface area contributed by atoms with Gasteiger partial charge in [-0.1, -0.05) is 47.8 Å². The van der Waals surface area contributed by atoms with Gasteiger partial charge in [0.15, 0.2) is 0 Å². The molecule has 0 saturated heterocycles. The maximum Gasteiger partial charge on any atom is 0.347 e. The number of rotatable bonds is 15. The van der Waals surface area contributed by atoms with Crippen LogP contribution in [0.4, 0.5) is 0 Å². The van der Waals surface area contributed by atoms with Gasteiger partial charge in [-0.3, -0.25) is 24.0 Å². The van der Waals surface area contributed by atoms with Crippen molar-refractivity contribution in [2.45, 2.75) is 38.9 Å². The SMILES string of the molecule is CC(=O)NC(CSC(=O)c1ccccc1OC(=O)c1ccccc1OC(=O)C(CSC(=O)C(CS)NC(C)=O)NC(C)=O)C(=O)O. The lowest BCUT2D eigenvalue weighted by Crippen LogP contribution is -2.45. The van der Waals surface area contributed by atoms with E-state index in [2.05, 4.69) is 28.6 Å². The molecule has 0 heterocycles. The first-order chi connectivity index (χ1) is 21.7. The van der Waals surface area contributed by atoms with Gasteiger partial charge < -0.3 is 30.5 Å². The predicted molar refractivity (Wildman–Crippen MR) is 172 cm³/mol. The third-order valence-electron chi connectivity index (χ3n) is 5.58. The zero-order valence-electron chi connectivity index (χ0n) is 24.8. The molecule has 0 radical (unpaired) electrons. The van der Waals surface area contributed by atoms with Gasteiger partial charge in [0.1, 0.15) is 35.2 Å². The zero-order chi connectivity index (χ0) is 34.4. The molecule has 4 N–H and O–H groups in total. The summed E-state index contributed by atoms with van der Waals surface area (Å²) in [7, 11) is 0. The highest BCUT2D eigenvalue weighted by molar-refractivity contribution is 8.14. The number of para-hydroxylation sites is 2. The highest BCUT2D eigenvalue weighted by Crippen LogP contribution is 2.27. The van der Waals surface area contributed by atoms with E-state index in [4.69, 9.17) is 9.47 Å². The third-order valence-corrected chi connectivity index (χ3v) is 8.00. The Kier molecular flexibility index (Phi) is 15.3. The Labute approximate surface area is 277 Å². The van der Waals surface area contributed by atoms with E-state index in [9.17, 15) is 43.5 Å². The maximum atomic E-state index is 13.2. The molecule has 46 heavy (non-hydrogen) atoms. The summed E-state index contributed by atoms with van der Waals surface area (Å²) in [6.07, 6.45) is 0. The van der Waals surface area contributed by atoms with E-state index in [0.29, 0.717) is 23.5 Å². The monoisotopic (exact) mass is 693 g/mol. The van der Waals surface area contributed by atoms with Crippen LogP contribution < -0.4 is 25.4 Å². The van der Waals surface area contributed by atoms with E-state index < -0.39 is 64.0 Å². The van der Waals surface area contributed by atoms with E-state index in [1.165, 1.54) is 55.5 Å². The maximum absolute atomic E-state index is 13.2. The van der Waals surface area contributed by atoms with E-state index >= 15 is 0 Å². The summed E-state index contributed by atoms with van der Waals surface area (Å²) in [4.78, 5) is 97.5. The van der Waals surface area contributed by atoms with Crippen LogP contribution in [0, 0.1) is 0 Å². The van der Waals surface area contributed by atoms with Crippen LogP contribution in [0.5, 0.6) is 11.5 Å². The Morgan fingerprint density at radius 2 is 1.17 bits per heavy atom. The second kappa shape index (κ2) is 18.6. The fourth-order valence-electron chi connectivity index (χ4n) is 3.54. The van der Waals surface area contributed by atoms with Crippen molar-refractivity contribution in [3.63, 3.8) is 0 Å². The number of thioether (sulfide) groups is 2. The third kappa shape index (κ3) is 12.2. The van der Waals surface area contributed by atoms with Crippen molar-refractivity contribution >= 4 is 82.0 Å². The second-order valence-corrected chi connectivity index (χ2v) is 11.7. The van der Waals surface area contributed by atoms with Crippen LogP contribution in [-0.2, 0) is 28.8 Å². The smallest absolute Gasteiger partial charge is 0.347 e. The average molecular weight is 694 g/mol. The molecule has 0 aromatic heterocycles. The highest BCUT2D eigenvalue weighted by Gasteiger charge is 2.28. The van der Waals surface area contributed by atoms with Crippen LogP contribution in [0.2, 0.25) is 0 Å². The average Bonchev–Trinajstić information content (AvgIpc) is 2.99. The number of nitrogens with one attached hydrogen (secondary N) is 3. The molecular formula is C29H31N3O11S3. The zero-order valence-corrected chi connectivity index (χ0v) is 27.3. The van der Waals surface area contributed by atoms with Gasteiger partial charge in [-0.2, -0.15) is 12.6 Å². The van der Waals surface area contributed by atoms with Crippen molar-refractivity contribution in [3.8, 4) is 11.5 Å². The second-order valence-electron chi connectivity index (χ2n) is 9.31. The number of ether oxygens (including phenoxy) is 2. The van der Waals surface area contributed by atoms with Gasteiger partial charge in [0.05, 0.1) is 5.56 Å². The standard InChI is InChI=1S/C29H31N3O11S3/c1-15(33)30-20(12-44)29(41)46-14-22(32-17(3)35)27(39)43-23-10-6-4-8-18(23)26(38)42-24-11-7-5-9-19(24)28(40)45-13-21(25(36)37)31-16(2)34/h4-11,20-22,44H,12-14H2,1-3H3,(H,30,33)(H,31,34)(H,32,35)(H,36,37). The molecule has 246 valence electrons. The van der Waals surface area contributed by atoms with Crippen LogP contribution >= 0.6 is 36.2 Å². The summed E-state index contributed by atoms with van der Waals surface area (Å²) in [5.74, 6) is -5.94. The Balaban J connectivity index is 2.20. The summed E-state index contributed by atoms with van der Waals surface area (Å²) < 4.78 is 10.9. The number of carbonyl (C=O) groups excluding carboxylic acids is 7. The number of hydrogen-bond donors (Lipinski definition) is 5. The lowest BCUT2D eigenvalue weighted by molar-refractivity contribution is -0.140. The van der Waals surface area contributed by atoms with Crippen LogP contribution in [0.25, 0.3) is 0 Å². The Hall–Kier alpha value is -4.35. The molecule has 14 nitrogen and oxygen atoms in total. The van der Waals surface area contributed by atoms with Gasteiger partial charge in [0.2, 0.25) is 28.0 Å². The van der Waals surface area contributed by atoms with Gasteiger partial charge in [0, 0.05) is 38.0 Å². The molecule has 0 fully saturated rings. The molecule has 2 aromatic carbocycles. The van der Waals surface area contributed by atoms with Crippen molar-refractivity contribution in [1.29, 1.82) is 0 Å². The van der Waals surface area contributed by atoms with Crippen molar-refractivity contribution in [2.24, 2.45) is 0 Å². The van der Waals surface area contributed by atoms with Crippen molar-refractivity contribution in [1.82, 2.24) is 16.0 Å². The predicted octanol–water partition coefficient (Wildman–Crippen LogP) is 1.47. The molecule has 2 rings (SSSR count). The molecule has 0 aliphatic rings. The molecule has 3 unspecified atom stereocenters. The first kappa shape index (κ1) is 37.8. The molecular weight excluding hydrogens is 663 g/mol. The number of carboxylic acid groups (broad SMARTS) is 1. The molecule has 0 spiro atoms. The largest absolute Gasteiger partial charge is 0.480 e. The normalized spacial score (nSPS) is 12.4. The van der Waals surface area contributed by atoms with Gasteiger partial charge in [-0.15, -0.1) is 0 Å². The van der Waals surface area contributed by atoms with Crippen LogP contribution in [0.3, 0.4) is 0 Å². The number of carboxylic acids is 1. The molecule has 0 aliphatic heterocycles. The topological polar surface area (TPSA) is 211 Å². The highest BCUT2D eigenvalue weighted by atomic mass is 32.2. The number of benzene rings is 2. The fraction of sp³-hybridized carbons (Fsp3) is 0.310. The number of amides is 3. The Morgan fingerprint density at radius 1 is 0.696 bits per heavy atom. The number of thiol groups is 1. The summed E-state index contributed by atoms with van der Waals surface area (Å²) in [6.45, 7) is 3.53. The number of hydrogen-bond acceptors (Lipinski definition) is 13. The summed E-state index contributed by atoms with van der Waals surface area (Å²) in [6, 6.07) is 7.64.